The molecule has 4 aromatic rings. The summed E-state index contributed by atoms with van der Waals surface area (Å²) in [7, 11) is 2.97. The summed E-state index contributed by atoms with van der Waals surface area (Å²) < 4.78 is 80.9. The molecule has 0 saturated heterocycles. The first-order valence-electron chi connectivity index (χ1n) is 16.4. The Morgan fingerprint density at radius 3 is 1.67 bits per heavy atom. The molecule has 2 aromatic heterocycles. The zero-order valence-corrected chi connectivity index (χ0v) is 30.1. The van der Waals surface area contributed by atoms with E-state index in [0.29, 0.717) is 17.2 Å². The number of hydrogen-bond donors (Lipinski definition) is 2. The van der Waals surface area contributed by atoms with Crippen molar-refractivity contribution >= 4 is 23.1 Å². The van der Waals surface area contributed by atoms with Gasteiger partial charge in [-0.2, -0.15) is 10.2 Å². The van der Waals surface area contributed by atoms with Gasteiger partial charge < -0.3 is 11.1 Å². The number of benzene rings is 2. The number of anilines is 2. The summed E-state index contributed by atoms with van der Waals surface area (Å²) in [4.78, 5) is 23.3. The molecule has 2 aliphatic carbocycles. The van der Waals surface area contributed by atoms with Crippen molar-refractivity contribution in [3.63, 3.8) is 0 Å². The summed E-state index contributed by atoms with van der Waals surface area (Å²) in [5.41, 5.74) is 8.64. The number of rotatable bonds is 5. The van der Waals surface area contributed by atoms with Gasteiger partial charge in [0.25, 0.3) is 18.8 Å². The van der Waals surface area contributed by atoms with Gasteiger partial charge in [-0.05, 0) is 89.0 Å². The Labute approximate surface area is 293 Å². The highest BCUT2D eigenvalue weighted by Gasteiger charge is 2.40. The monoisotopic (exact) mass is 718 g/mol. The van der Waals surface area contributed by atoms with Crippen LogP contribution in [0.2, 0.25) is 0 Å². The molecule has 2 aliphatic rings. The molecule has 276 valence electrons. The summed E-state index contributed by atoms with van der Waals surface area (Å²) >= 11 is 0. The highest BCUT2D eigenvalue weighted by molar-refractivity contribution is 6.05. The van der Waals surface area contributed by atoms with Gasteiger partial charge in [0, 0.05) is 37.9 Å². The topological polar surface area (TPSA) is 108 Å². The van der Waals surface area contributed by atoms with E-state index in [0.717, 1.165) is 35.2 Å². The third kappa shape index (κ3) is 7.99. The first-order chi connectivity index (χ1) is 23.6. The molecule has 0 spiro atoms. The quantitative estimate of drug-likeness (QED) is 0.122. The van der Waals surface area contributed by atoms with Gasteiger partial charge >= 0.3 is 0 Å². The lowest BCUT2D eigenvalue weighted by molar-refractivity contribution is 0.0994. The molecule has 6 rings (SSSR count). The minimum atomic E-state index is -2.85. The summed E-state index contributed by atoms with van der Waals surface area (Å²) in [5, 5.41) is 9.79. The third-order valence-electron chi connectivity index (χ3n) is 9.40. The highest BCUT2D eigenvalue weighted by Crippen LogP contribution is 2.50. The number of carbonyl (C=O) groups excluding carboxylic acids is 2. The molecule has 8 nitrogen and oxygen atoms in total. The minimum absolute atomic E-state index is 0.00694. The van der Waals surface area contributed by atoms with E-state index in [1.54, 1.807) is 6.07 Å². The molecule has 1 amide bonds. The number of carbonyl (C=O) groups is 2. The Bertz CT molecular complexity index is 1950. The Hall–Kier alpha value is -4.62. The number of amides is 1. The first kappa shape index (κ1) is 39.2. The number of Topliss-reactive ketones (excluding diaryl/α,β-unsaturated/α-hetero) is 1. The molecule has 3 N–H and O–H groups in total. The molecule has 0 bridgehead atoms. The van der Waals surface area contributed by atoms with Crippen LogP contribution in [0, 0.1) is 11.6 Å². The average Bonchev–Trinajstić information content (AvgIpc) is 3.73. The van der Waals surface area contributed by atoms with E-state index in [1.807, 2.05) is 20.8 Å². The molecule has 2 atom stereocenters. The molecular weight excluding hydrogens is 674 g/mol. The van der Waals surface area contributed by atoms with Crippen LogP contribution in [-0.2, 0) is 24.9 Å². The predicted molar refractivity (Wildman–Crippen MR) is 184 cm³/mol. The average molecular weight is 719 g/mol. The zero-order valence-electron chi connectivity index (χ0n) is 30.1. The van der Waals surface area contributed by atoms with Gasteiger partial charge in [0.15, 0.2) is 5.78 Å². The second-order valence-electron chi connectivity index (χ2n) is 14.6. The first-order valence-corrected chi connectivity index (χ1v) is 16.4. The number of nitrogens with zero attached hydrogens (tertiary/aromatic N) is 4. The van der Waals surface area contributed by atoms with Crippen molar-refractivity contribution in [1.29, 1.82) is 0 Å². The van der Waals surface area contributed by atoms with Crippen molar-refractivity contribution in [2.75, 3.05) is 11.1 Å². The number of nitrogens with two attached hydrogens (primary N) is 1. The van der Waals surface area contributed by atoms with Crippen LogP contribution in [0.4, 0.5) is 37.7 Å². The number of aromatic nitrogens is 4. The number of ketones is 1. The fourth-order valence-electron chi connectivity index (χ4n) is 7.64. The smallest absolute Gasteiger partial charge is 0.282 e. The number of nitrogen functional groups attached to an aromatic ring is 1. The fraction of sp³-hybridized carbons (Fsp3) is 0.459. The Balaban J connectivity index is 0.000000189. The zero-order chi connectivity index (χ0) is 38.3. The molecule has 2 unspecified atom stereocenters. The van der Waals surface area contributed by atoms with Gasteiger partial charge in [0.2, 0.25) is 0 Å². The van der Waals surface area contributed by atoms with Crippen LogP contribution in [0.5, 0.6) is 0 Å². The molecule has 0 aliphatic heterocycles. The maximum Gasteiger partial charge on any atom is 0.282 e. The van der Waals surface area contributed by atoms with Crippen molar-refractivity contribution in [2.24, 2.45) is 14.1 Å². The van der Waals surface area contributed by atoms with Crippen molar-refractivity contribution < 1.29 is 35.9 Å². The van der Waals surface area contributed by atoms with Crippen molar-refractivity contribution in [3.8, 4) is 0 Å². The molecule has 51 heavy (non-hydrogen) atoms. The van der Waals surface area contributed by atoms with E-state index in [4.69, 9.17) is 5.73 Å². The Morgan fingerprint density at radius 2 is 1.22 bits per heavy atom. The second-order valence-corrected chi connectivity index (χ2v) is 14.6. The number of aryl methyl sites for hydroxylation is 2. The van der Waals surface area contributed by atoms with E-state index in [-0.39, 0.29) is 39.5 Å². The van der Waals surface area contributed by atoms with Gasteiger partial charge in [-0.15, -0.1) is 0 Å². The molecule has 14 heteroatoms. The van der Waals surface area contributed by atoms with Crippen LogP contribution in [0.1, 0.15) is 140 Å². The number of alkyl halides is 4. The van der Waals surface area contributed by atoms with Crippen LogP contribution >= 0.6 is 0 Å². The van der Waals surface area contributed by atoms with Gasteiger partial charge in [0.05, 0.1) is 11.1 Å². The molecule has 2 aromatic carbocycles. The molecule has 2 heterocycles. The van der Waals surface area contributed by atoms with Crippen LogP contribution in [0.15, 0.2) is 36.7 Å². The van der Waals surface area contributed by atoms with Crippen molar-refractivity contribution in [1.82, 2.24) is 19.6 Å². The van der Waals surface area contributed by atoms with Crippen molar-refractivity contribution in [2.45, 2.75) is 96.8 Å². The Kier molecular flexibility index (Phi) is 11.2. The number of fused-ring (bicyclic) bond motifs is 2. The second kappa shape index (κ2) is 14.5. The van der Waals surface area contributed by atoms with E-state index in [2.05, 4.69) is 36.3 Å². The van der Waals surface area contributed by atoms with Crippen LogP contribution in [0.3, 0.4) is 0 Å². The standard InChI is InChI=1S/C18H20F3N3O.C12H16FN.C7H8F2N2O/c1-9-7-18(2,3)14-11(19)5-6-12(13(9)14)22-17(25)10-8-24(4)23-15(10)16(20)21;1-7-6-12(2,3)11-8(13)4-5-9(14)10(7)11;1-4(12)5-3-11(2)10-6(5)7(8)9/h5-6,8-9,16H,7H2,1-4H3,(H,22,25);4-5,7H,6,14H2,1-3H3;3,7H,1-2H3. The van der Waals surface area contributed by atoms with Crippen LogP contribution < -0.4 is 11.1 Å². The molecule has 0 fully saturated rings. The highest BCUT2D eigenvalue weighted by atomic mass is 19.3. The molecule has 0 radical (unpaired) electrons. The Morgan fingerprint density at radius 1 is 0.784 bits per heavy atom. The maximum absolute atomic E-state index is 14.3. The van der Waals surface area contributed by atoms with E-state index in [9.17, 15) is 35.9 Å². The van der Waals surface area contributed by atoms with Crippen molar-refractivity contribution in [3.05, 3.63) is 93.1 Å². The lowest BCUT2D eigenvalue weighted by Crippen LogP contribution is -2.17. The predicted octanol–water partition coefficient (Wildman–Crippen LogP) is 9.29. The van der Waals surface area contributed by atoms with E-state index in [1.165, 1.54) is 61.0 Å². The number of halogens is 6. The summed E-state index contributed by atoms with van der Waals surface area (Å²) in [5.74, 6) is -1.05. The van der Waals surface area contributed by atoms with Crippen LogP contribution in [-0.4, -0.2) is 31.3 Å². The minimum Gasteiger partial charge on any atom is -0.398 e. The summed E-state index contributed by atoms with van der Waals surface area (Å²) in [6.07, 6.45) is -1.25. The lowest BCUT2D eigenvalue weighted by atomic mass is 9.85. The van der Waals surface area contributed by atoms with E-state index < -0.39 is 35.9 Å². The third-order valence-corrected chi connectivity index (χ3v) is 9.40. The maximum atomic E-state index is 14.3. The number of hydrogen-bond acceptors (Lipinski definition) is 5. The fourth-order valence-corrected chi connectivity index (χ4v) is 7.64. The lowest BCUT2D eigenvalue weighted by Gasteiger charge is -2.20. The van der Waals surface area contributed by atoms with Gasteiger partial charge in [-0.1, -0.05) is 41.5 Å². The summed E-state index contributed by atoms with van der Waals surface area (Å²) in [6.45, 7) is 13.4. The summed E-state index contributed by atoms with van der Waals surface area (Å²) in [6, 6.07) is 5.95. The van der Waals surface area contributed by atoms with Crippen LogP contribution in [0.25, 0.3) is 0 Å². The molecule has 0 saturated carbocycles. The van der Waals surface area contributed by atoms with Gasteiger partial charge in [0.1, 0.15) is 23.0 Å². The van der Waals surface area contributed by atoms with Gasteiger partial charge in [-0.3, -0.25) is 19.0 Å². The van der Waals surface area contributed by atoms with E-state index >= 15 is 0 Å². The van der Waals surface area contributed by atoms with Gasteiger partial charge in [-0.25, -0.2) is 26.3 Å². The largest absolute Gasteiger partial charge is 0.398 e. The normalized spacial score (nSPS) is 18.1. The SMILES string of the molecule is CC(=O)c1cn(C)nc1C(F)F.CC1CC(C)(C)c2c(F)ccc(N)c21.CC1CC(C)(C)c2c(F)ccc(NC(=O)c3cn(C)nc3C(F)F)c21. The molecular formula is C37H44F6N6O2. The number of nitrogens with one attached hydrogen (secondary N) is 1.